The van der Waals surface area contributed by atoms with Gasteiger partial charge in [0.05, 0.1) is 0 Å². The molecule has 0 heterocycles. The van der Waals surface area contributed by atoms with Gasteiger partial charge in [0.25, 0.3) is 0 Å². The minimum Gasteiger partial charge on any atom is -0.299 e. The van der Waals surface area contributed by atoms with Gasteiger partial charge in [0, 0.05) is 12.3 Å². The fourth-order valence-corrected chi connectivity index (χ4v) is 3.45. The van der Waals surface area contributed by atoms with Gasteiger partial charge in [-0.2, -0.15) is 0 Å². The minimum absolute atomic E-state index is 0.523. The predicted octanol–water partition coefficient (Wildman–Crippen LogP) is 1.62. The molecular weight excluding hydrogens is 124 g/mol. The fourth-order valence-electron chi connectivity index (χ4n) is 3.45. The van der Waals surface area contributed by atoms with E-state index in [2.05, 4.69) is 0 Å². The van der Waals surface area contributed by atoms with Crippen molar-refractivity contribution in [3.05, 3.63) is 0 Å². The minimum atomic E-state index is 0.523. The highest BCUT2D eigenvalue weighted by Gasteiger charge is 2.53. The zero-order valence-electron chi connectivity index (χ0n) is 6.05. The van der Waals surface area contributed by atoms with Crippen molar-refractivity contribution in [2.75, 3.05) is 0 Å². The van der Waals surface area contributed by atoms with Gasteiger partial charge >= 0.3 is 0 Å². The monoisotopic (exact) mass is 136 g/mol. The van der Waals surface area contributed by atoms with Gasteiger partial charge in [0.1, 0.15) is 5.78 Å². The van der Waals surface area contributed by atoms with Gasteiger partial charge in [-0.3, -0.25) is 4.79 Å². The molecule has 0 saturated heterocycles. The first-order chi connectivity index (χ1) is 4.84. The molecule has 4 unspecified atom stereocenters. The smallest absolute Gasteiger partial charge is 0.136 e. The van der Waals surface area contributed by atoms with Crippen LogP contribution in [0, 0.1) is 23.7 Å². The summed E-state index contributed by atoms with van der Waals surface area (Å²) in [6.45, 7) is 0. The Morgan fingerprint density at radius 3 is 2.30 bits per heavy atom. The molecule has 0 amide bonds. The molecule has 0 aromatic rings. The van der Waals surface area contributed by atoms with E-state index >= 15 is 0 Å². The normalized spacial score (nSPS) is 56.6. The average Bonchev–Trinajstić information content (AvgIpc) is 2.41. The maximum atomic E-state index is 11.3. The van der Waals surface area contributed by atoms with Crippen LogP contribution in [0.4, 0.5) is 0 Å². The summed E-state index contributed by atoms with van der Waals surface area (Å²) in [5.74, 6) is 3.73. The number of rotatable bonds is 0. The fraction of sp³-hybridized carbons (Fsp3) is 0.889. The third-order valence-electron chi connectivity index (χ3n) is 3.88. The summed E-state index contributed by atoms with van der Waals surface area (Å²) in [4.78, 5) is 11.3. The first-order valence-corrected chi connectivity index (χ1v) is 4.37. The summed E-state index contributed by atoms with van der Waals surface area (Å²) >= 11 is 0. The molecule has 0 aromatic carbocycles. The van der Waals surface area contributed by atoms with Crippen LogP contribution in [0.25, 0.3) is 0 Å². The highest BCUT2D eigenvalue weighted by Crippen LogP contribution is 2.57. The molecule has 4 atom stereocenters. The van der Waals surface area contributed by atoms with Crippen molar-refractivity contribution in [2.24, 2.45) is 23.7 Å². The molecule has 4 saturated carbocycles. The van der Waals surface area contributed by atoms with E-state index in [0.717, 1.165) is 24.2 Å². The molecular formula is C9H12O. The third-order valence-corrected chi connectivity index (χ3v) is 3.88. The van der Waals surface area contributed by atoms with Crippen molar-refractivity contribution in [1.82, 2.24) is 0 Å². The summed E-state index contributed by atoms with van der Waals surface area (Å²) in [7, 11) is 0. The topological polar surface area (TPSA) is 17.1 Å². The van der Waals surface area contributed by atoms with Crippen molar-refractivity contribution in [3.8, 4) is 0 Å². The van der Waals surface area contributed by atoms with Gasteiger partial charge in [0.2, 0.25) is 0 Å². The van der Waals surface area contributed by atoms with Crippen LogP contribution >= 0.6 is 0 Å². The number of hydrogen-bond acceptors (Lipinski definition) is 1. The zero-order chi connectivity index (χ0) is 6.72. The van der Waals surface area contributed by atoms with E-state index in [1.165, 1.54) is 19.3 Å². The standard InChI is InChI=1S/C9H12O/c10-9-4-6-2-7-1-5(6)3-8(7)9/h5-8H,1-4H2. The molecule has 0 radical (unpaired) electrons. The van der Waals surface area contributed by atoms with Gasteiger partial charge in [-0.25, -0.2) is 0 Å². The van der Waals surface area contributed by atoms with E-state index in [4.69, 9.17) is 0 Å². The van der Waals surface area contributed by atoms with Gasteiger partial charge in [-0.1, -0.05) is 0 Å². The molecule has 4 aliphatic carbocycles. The predicted molar refractivity (Wildman–Crippen MR) is 37.4 cm³/mol. The van der Waals surface area contributed by atoms with Crippen molar-refractivity contribution < 1.29 is 4.79 Å². The molecule has 1 heteroatoms. The van der Waals surface area contributed by atoms with Crippen LogP contribution in [0.1, 0.15) is 25.7 Å². The largest absolute Gasteiger partial charge is 0.299 e. The summed E-state index contributed by atoms with van der Waals surface area (Å²) in [6, 6.07) is 0. The summed E-state index contributed by atoms with van der Waals surface area (Å²) < 4.78 is 0. The average molecular weight is 136 g/mol. The number of ketones is 1. The van der Waals surface area contributed by atoms with E-state index in [1.807, 2.05) is 0 Å². The molecule has 4 fully saturated rings. The second-order valence-electron chi connectivity index (χ2n) is 4.26. The lowest BCUT2D eigenvalue weighted by Crippen LogP contribution is -2.33. The molecule has 0 N–H and O–H groups in total. The van der Waals surface area contributed by atoms with Crippen LogP contribution in [0.3, 0.4) is 0 Å². The summed E-state index contributed by atoms with van der Waals surface area (Å²) in [5.41, 5.74) is 0. The van der Waals surface area contributed by atoms with E-state index in [-0.39, 0.29) is 0 Å². The summed E-state index contributed by atoms with van der Waals surface area (Å²) in [5, 5.41) is 0. The third kappa shape index (κ3) is 0.446. The van der Waals surface area contributed by atoms with Crippen LogP contribution in [0.5, 0.6) is 0 Å². The Bertz CT molecular complexity index is 195. The maximum absolute atomic E-state index is 11.3. The number of carbonyl (C=O) groups excluding carboxylic acids is 1. The van der Waals surface area contributed by atoms with Crippen LogP contribution in [0.2, 0.25) is 0 Å². The van der Waals surface area contributed by atoms with Crippen LogP contribution < -0.4 is 0 Å². The number of hydrogen-bond donors (Lipinski definition) is 0. The van der Waals surface area contributed by atoms with Crippen LogP contribution in [-0.2, 0) is 4.79 Å². The Hall–Kier alpha value is -0.330. The van der Waals surface area contributed by atoms with E-state index < -0.39 is 0 Å². The van der Waals surface area contributed by atoms with Gasteiger partial charge in [0.15, 0.2) is 0 Å². The first-order valence-electron chi connectivity index (χ1n) is 4.37. The van der Waals surface area contributed by atoms with Crippen LogP contribution in [-0.4, -0.2) is 5.78 Å². The molecule has 1 nitrogen and oxygen atoms in total. The van der Waals surface area contributed by atoms with Gasteiger partial charge < -0.3 is 0 Å². The lowest BCUT2D eigenvalue weighted by molar-refractivity contribution is -0.129. The van der Waals surface area contributed by atoms with E-state index in [0.29, 0.717) is 11.7 Å². The first kappa shape index (κ1) is 5.34. The molecule has 0 spiro atoms. The zero-order valence-corrected chi connectivity index (χ0v) is 6.05. The second kappa shape index (κ2) is 1.46. The molecule has 4 bridgehead atoms. The van der Waals surface area contributed by atoms with Crippen molar-refractivity contribution in [2.45, 2.75) is 25.7 Å². The molecule has 4 rings (SSSR count). The highest BCUT2D eigenvalue weighted by atomic mass is 16.1. The number of fused-ring (bicyclic) bond motifs is 1. The lowest BCUT2D eigenvalue weighted by atomic mass is 9.70. The summed E-state index contributed by atoms with van der Waals surface area (Å²) in [6.07, 6.45) is 4.97. The number of carbonyl (C=O) groups is 1. The Morgan fingerprint density at radius 2 is 1.80 bits per heavy atom. The SMILES string of the molecule is O=C1CC2CC3CC2CC13. The lowest BCUT2D eigenvalue weighted by Gasteiger charge is -2.33. The Kier molecular flexibility index (Phi) is 0.781. The Balaban J connectivity index is 2.05. The molecule has 4 aliphatic rings. The number of Topliss-reactive ketones (excluding diaryl/α,β-unsaturated/α-hetero) is 1. The van der Waals surface area contributed by atoms with Gasteiger partial charge in [-0.15, -0.1) is 0 Å². The molecule has 54 valence electrons. The maximum Gasteiger partial charge on any atom is 0.136 e. The Labute approximate surface area is 60.8 Å². The van der Waals surface area contributed by atoms with Crippen molar-refractivity contribution in [3.63, 3.8) is 0 Å². The van der Waals surface area contributed by atoms with Crippen LogP contribution in [0.15, 0.2) is 0 Å². The van der Waals surface area contributed by atoms with Crippen molar-refractivity contribution in [1.29, 1.82) is 0 Å². The van der Waals surface area contributed by atoms with E-state index in [9.17, 15) is 4.79 Å². The quantitative estimate of drug-likeness (QED) is 0.494. The van der Waals surface area contributed by atoms with Crippen molar-refractivity contribution >= 4 is 5.78 Å². The highest BCUT2D eigenvalue weighted by molar-refractivity contribution is 5.84. The Morgan fingerprint density at radius 1 is 1.00 bits per heavy atom. The molecule has 10 heavy (non-hydrogen) atoms. The molecule has 0 aliphatic heterocycles. The molecule has 0 aromatic heterocycles. The van der Waals surface area contributed by atoms with E-state index in [1.54, 1.807) is 0 Å². The second-order valence-corrected chi connectivity index (χ2v) is 4.26. The van der Waals surface area contributed by atoms with Gasteiger partial charge in [-0.05, 0) is 37.0 Å².